The van der Waals surface area contributed by atoms with Crippen LogP contribution < -0.4 is 10.1 Å². The van der Waals surface area contributed by atoms with Gasteiger partial charge in [-0.25, -0.2) is 0 Å². The van der Waals surface area contributed by atoms with Crippen molar-refractivity contribution in [3.63, 3.8) is 0 Å². The topological polar surface area (TPSA) is 41.6 Å². The van der Waals surface area contributed by atoms with Crippen LogP contribution in [0.3, 0.4) is 0 Å². The molecule has 0 aliphatic carbocycles. The number of rotatable bonds is 3. The monoisotopic (exact) mass is 376 g/mol. The van der Waals surface area contributed by atoms with Gasteiger partial charge < -0.3 is 15.0 Å². The Morgan fingerprint density at radius 3 is 2.40 bits per heavy atom. The number of ether oxygens (including phenoxy) is 1. The van der Waals surface area contributed by atoms with Crippen LogP contribution in [0.2, 0.25) is 10.0 Å². The van der Waals surface area contributed by atoms with Crippen LogP contribution in [0.4, 0.5) is 0 Å². The molecule has 2 aromatic carbocycles. The van der Waals surface area contributed by atoms with E-state index in [2.05, 4.69) is 5.32 Å². The van der Waals surface area contributed by atoms with E-state index in [1.807, 2.05) is 4.90 Å². The number of fused-ring (bicyclic) bond motifs is 1. The molecule has 0 unspecified atom stereocenters. The highest BCUT2D eigenvalue weighted by Gasteiger charge is 2.38. The van der Waals surface area contributed by atoms with Gasteiger partial charge in [-0.05, 0) is 48.2 Å². The Bertz CT molecular complexity index is 783. The van der Waals surface area contributed by atoms with Crippen molar-refractivity contribution < 1.29 is 9.53 Å². The Balaban J connectivity index is 1.45. The molecule has 2 aromatic rings. The van der Waals surface area contributed by atoms with Crippen molar-refractivity contribution in [2.75, 3.05) is 26.2 Å². The van der Waals surface area contributed by atoms with E-state index in [0.29, 0.717) is 38.9 Å². The van der Waals surface area contributed by atoms with Gasteiger partial charge in [0.1, 0.15) is 16.5 Å². The van der Waals surface area contributed by atoms with Crippen LogP contribution in [-0.4, -0.2) is 37.0 Å². The number of amides is 1. The maximum absolute atomic E-state index is 12.7. The summed E-state index contributed by atoms with van der Waals surface area (Å²) in [4.78, 5) is 14.6. The van der Waals surface area contributed by atoms with Crippen molar-refractivity contribution in [1.29, 1.82) is 0 Å². The number of hydrogen-bond donors (Lipinski definition) is 1. The van der Waals surface area contributed by atoms with Crippen molar-refractivity contribution in [2.45, 2.75) is 0 Å². The third kappa shape index (κ3) is 3.34. The number of benzene rings is 2. The van der Waals surface area contributed by atoms with E-state index in [9.17, 15) is 4.79 Å². The van der Waals surface area contributed by atoms with Crippen LogP contribution in [0.15, 0.2) is 42.5 Å². The molecule has 0 aromatic heterocycles. The molecule has 1 N–H and O–H groups in total. The van der Waals surface area contributed by atoms with Crippen LogP contribution in [0, 0.1) is 11.8 Å². The summed E-state index contributed by atoms with van der Waals surface area (Å²) >= 11 is 12.1. The van der Waals surface area contributed by atoms with Crippen LogP contribution in [0.25, 0.3) is 0 Å². The Morgan fingerprint density at radius 1 is 1.04 bits per heavy atom. The minimum atomic E-state index is 0.0849. The summed E-state index contributed by atoms with van der Waals surface area (Å²) in [6.45, 7) is 3.71. The molecule has 2 saturated heterocycles. The first kappa shape index (κ1) is 16.7. The molecule has 0 spiro atoms. The largest absolute Gasteiger partial charge is 0.456 e. The second-order valence-electron chi connectivity index (χ2n) is 6.57. The number of carbonyl (C=O) groups is 1. The molecular weight excluding hydrogens is 359 g/mol. The zero-order valence-corrected chi connectivity index (χ0v) is 15.1. The van der Waals surface area contributed by atoms with E-state index in [-0.39, 0.29) is 5.91 Å². The van der Waals surface area contributed by atoms with Gasteiger partial charge in [-0.1, -0.05) is 29.3 Å². The molecule has 2 fully saturated rings. The highest BCUT2D eigenvalue weighted by molar-refractivity contribution is 6.42. The van der Waals surface area contributed by atoms with Crippen molar-refractivity contribution in [1.82, 2.24) is 10.2 Å². The van der Waals surface area contributed by atoms with E-state index in [0.717, 1.165) is 26.2 Å². The molecule has 0 saturated carbocycles. The average molecular weight is 377 g/mol. The van der Waals surface area contributed by atoms with Crippen LogP contribution >= 0.6 is 23.2 Å². The lowest BCUT2D eigenvalue weighted by molar-refractivity contribution is 0.0781. The van der Waals surface area contributed by atoms with E-state index >= 15 is 0 Å². The summed E-state index contributed by atoms with van der Waals surface area (Å²) in [7, 11) is 0. The van der Waals surface area contributed by atoms with Crippen molar-refractivity contribution in [3.05, 3.63) is 58.1 Å². The van der Waals surface area contributed by atoms with E-state index in [1.165, 1.54) is 0 Å². The van der Waals surface area contributed by atoms with Gasteiger partial charge in [0, 0.05) is 31.7 Å². The van der Waals surface area contributed by atoms with Gasteiger partial charge >= 0.3 is 0 Å². The zero-order valence-electron chi connectivity index (χ0n) is 13.5. The summed E-state index contributed by atoms with van der Waals surface area (Å²) in [5.74, 6) is 2.38. The summed E-state index contributed by atoms with van der Waals surface area (Å²) in [6.07, 6.45) is 0. The minimum Gasteiger partial charge on any atom is -0.456 e. The fourth-order valence-corrected chi connectivity index (χ4v) is 3.89. The second-order valence-corrected chi connectivity index (χ2v) is 7.35. The molecule has 0 bridgehead atoms. The molecule has 1 amide bonds. The quantitative estimate of drug-likeness (QED) is 0.877. The summed E-state index contributed by atoms with van der Waals surface area (Å²) in [5, 5.41) is 4.21. The minimum absolute atomic E-state index is 0.0849. The SMILES string of the molecule is O=C(c1ccc(Oc2cccc(Cl)c2Cl)cc1)N1C[C@H]2CNC[C@H]2C1. The van der Waals surface area contributed by atoms with Gasteiger partial charge in [-0.15, -0.1) is 0 Å². The van der Waals surface area contributed by atoms with Crippen molar-refractivity contribution in [3.8, 4) is 11.5 Å². The summed E-state index contributed by atoms with van der Waals surface area (Å²) in [6, 6.07) is 12.4. The molecule has 130 valence electrons. The number of halogens is 2. The van der Waals surface area contributed by atoms with E-state index in [4.69, 9.17) is 27.9 Å². The highest BCUT2D eigenvalue weighted by atomic mass is 35.5. The predicted molar refractivity (Wildman–Crippen MR) is 98.7 cm³/mol. The lowest BCUT2D eigenvalue weighted by Gasteiger charge is -2.17. The summed E-state index contributed by atoms with van der Waals surface area (Å²) < 4.78 is 5.76. The van der Waals surface area contributed by atoms with Crippen molar-refractivity contribution >= 4 is 29.1 Å². The fraction of sp³-hybridized carbons (Fsp3) is 0.316. The number of nitrogens with one attached hydrogen (secondary N) is 1. The first-order chi connectivity index (χ1) is 12.1. The fourth-order valence-electron chi connectivity index (χ4n) is 3.56. The Labute approximate surface area is 156 Å². The maximum Gasteiger partial charge on any atom is 0.253 e. The Kier molecular flexibility index (Phi) is 4.59. The van der Waals surface area contributed by atoms with Crippen LogP contribution in [0.5, 0.6) is 11.5 Å². The molecule has 4 nitrogen and oxygen atoms in total. The lowest BCUT2D eigenvalue weighted by Crippen LogP contribution is -2.31. The third-order valence-corrected chi connectivity index (χ3v) is 5.72. The second kappa shape index (κ2) is 6.87. The first-order valence-electron chi connectivity index (χ1n) is 8.34. The molecule has 2 atom stereocenters. The van der Waals surface area contributed by atoms with Gasteiger partial charge in [0.05, 0.1) is 5.02 Å². The standard InChI is InChI=1S/C19H18Cl2N2O2/c20-16-2-1-3-17(18(16)21)25-15-6-4-12(5-7-15)19(24)23-10-13-8-22-9-14(13)11-23/h1-7,13-14,22H,8-11H2/t13-,14+. The van der Waals surface area contributed by atoms with Gasteiger partial charge in [-0.2, -0.15) is 0 Å². The number of likely N-dealkylation sites (tertiary alicyclic amines) is 1. The normalized spacial score (nSPS) is 22.1. The van der Waals surface area contributed by atoms with Crippen LogP contribution in [0.1, 0.15) is 10.4 Å². The number of hydrogen-bond acceptors (Lipinski definition) is 3. The lowest BCUT2D eigenvalue weighted by atomic mass is 10.0. The van der Waals surface area contributed by atoms with Crippen molar-refractivity contribution in [2.24, 2.45) is 11.8 Å². The van der Waals surface area contributed by atoms with Gasteiger partial charge in [0.2, 0.25) is 0 Å². The highest BCUT2D eigenvalue weighted by Crippen LogP contribution is 2.34. The maximum atomic E-state index is 12.7. The zero-order chi connectivity index (χ0) is 17.4. The van der Waals surface area contributed by atoms with E-state index < -0.39 is 0 Å². The Morgan fingerprint density at radius 2 is 1.72 bits per heavy atom. The molecule has 0 radical (unpaired) electrons. The van der Waals surface area contributed by atoms with Gasteiger partial charge in [0.15, 0.2) is 0 Å². The molecule has 25 heavy (non-hydrogen) atoms. The molecule has 4 rings (SSSR count). The first-order valence-corrected chi connectivity index (χ1v) is 9.09. The predicted octanol–water partition coefficient (Wildman–Crippen LogP) is 4.08. The molecule has 2 aliphatic rings. The average Bonchev–Trinajstić information content (AvgIpc) is 3.21. The smallest absolute Gasteiger partial charge is 0.253 e. The van der Waals surface area contributed by atoms with Crippen LogP contribution in [-0.2, 0) is 0 Å². The van der Waals surface area contributed by atoms with E-state index in [1.54, 1.807) is 42.5 Å². The molecule has 2 aliphatic heterocycles. The number of carbonyl (C=O) groups excluding carboxylic acids is 1. The number of nitrogens with zero attached hydrogens (tertiary/aromatic N) is 1. The molecule has 6 heteroatoms. The molecule has 2 heterocycles. The van der Waals surface area contributed by atoms with Gasteiger partial charge in [0.25, 0.3) is 5.91 Å². The summed E-state index contributed by atoms with van der Waals surface area (Å²) in [5.41, 5.74) is 0.678. The third-order valence-electron chi connectivity index (χ3n) is 4.92. The Hall–Kier alpha value is -1.75. The molecular formula is C19H18Cl2N2O2. The van der Waals surface area contributed by atoms with Gasteiger partial charge in [-0.3, -0.25) is 4.79 Å².